The maximum absolute atomic E-state index is 12.3. The quantitative estimate of drug-likeness (QED) is 0.817. The summed E-state index contributed by atoms with van der Waals surface area (Å²) in [5.41, 5.74) is 1.17. The largest absolute Gasteiger partial charge is 0.395 e. The molecule has 96 valence electrons. The Bertz CT molecular complexity index is 566. The van der Waals surface area contributed by atoms with Crippen LogP contribution in [-0.2, 0) is 0 Å². The van der Waals surface area contributed by atoms with Crippen LogP contribution in [0.2, 0.25) is 0 Å². The van der Waals surface area contributed by atoms with E-state index in [1.807, 2.05) is 6.92 Å². The summed E-state index contributed by atoms with van der Waals surface area (Å²) in [6, 6.07) is 0. The Hall–Kier alpha value is -2.02. The van der Waals surface area contributed by atoms with Crippen molar-refractivity contribution >= 4 is 11.7 Å². The number of carbonyl (C=O) groups is 1. The molecule has 0 atom stereocenters. The lowest BCUT2D eigenvalue weighted by molar-refractivity contribution is 0.0730. The molecule has 7 heteroatoms. The molecule has 7 nitrogen and oxygen atoms in total. The van der Waals surface area contributed by atoms with Crippen molar-refractivity contribution in [3.63, 3.8) is 0 Å². The lowest BCUT2D eigenvalue weighted by Crippen LogP contribution is -2.34. The molecule has 0 fully saturated rings. The maximum atomic E-state index is 12.3. The molecule has 0 spiro atoms. The molecule has 0 radical (unpaired) electrons. The summed E-state index contributed by atoms with van der Waals surface area (Å²) in [6.45, 7) is 4.45. The van der Waals surface area contributed by atoms with Gasteiger partial charge >= 0.3 is 0 Å². The van der Waals surface area contributed by atoms with Crippen molar-refractivity contribution in [1.29, 1.82) is 0 Å². The Morgan fingerprint density at radius 1 is 1.50 bits per heavy atom. The zero-order valence-corrected chi connectivity index (χ0v) is 10.4. The van der Waals surface area contributed by atoms with Crippen LogP contribution in [0.25, 0.3) is 5.78 Å². The second-order valence-electron chi connectivity index (χ2n) is 3.84. The monoisotopic (exact) mass is 249 g/mol. The van der Waals surface area contributed by atoms with Gasteiger partial charge in [-0.05, 0) is 13.8 Å². The van der Waals surface area contributed by atoms with Gasteiger partial charge in [0.15, 0.2) is 0 Å². The van der Waals surface area contributed by atoms with Gasteiger partial charge in [-0.15, -0.1) is 0 Å². The number of rotatable bonds is 4. The second kappa shape index (κ2) is 5.09. The molecular formula is C11H15N5O2. The highest BCUT2D eigenvalue weighted by Crippen LogP contribution is 2.10. The van der Waals surface area contributed by atoms with Gasteiger partial charge in [-0.25, -0.2) is 9.50 Å². The smallest absolute Gasteiger partial charge is 0.257 e. The molecule has 0 saturated heterocycles. The van der Waals surface area contributed by atoms with Crippen LogP contribution in [0.4, 0.5) is 0 Å². The van der Waals surface area contributed by atoms with Crippen molar-refractivity contribution in [1.82, 2.24) is 24.5 Å². The molecule has 2 heterocycles. The van der Waals surface area contributed by atoms with Gasteiger partial charge in [-0.2, -0.15) is 10.1 Å². The Labute approximate surface area is 104 Å². The fraction of sp³-hybridized carbons (Fsp3) is 0.455. The molecular weight excluding hydrogens is 234 g/mol. The van der Waals surface area contributed by atoms with Gasteiger partial charge in [0.05, 0.1) is 17.9 Å². The van der Waals surface area contributed by atoms with E-state index in [1.165, 1.54) is 17.0 Å². The van der Waals surface area contributed by atoms with Crippen molar-refractivity contribution in [2.75, 3.05) is 19.7 Å². The van der Waals surface area contributed by atoms with Crippen LogP contribution in [0.1, 0.15) is 23.0 Å². The van der Waals surface area contributed by atoms with E-state index in [-0.39, 0.29) is 12.5 Å². The summed E-state index contributed by atoms with van der Waals surface area (Å²) >= 11 is 0. The van der Waals surface area contributed by atoms with Crippen molar-refractivity contribution < 1.29 is 9.90 Å². The average molecular weight is 249 g/mol. The number of carbonyl (C=O) groups excluding carboxylic acids is 1. The van der Waals surface area contributed by atoms with Gasteiger partial charge in [0.2, 0.25) is 0 Å². The fourth-order valence-electron chi connectivity index (χ4n) is 1.79. The van der Waals surface area contributed by atoms with Crippen LogP contribution in [-0.4, -0.2) is 55.2 Å². The summed E-state index contributed by atoms with van der Waals surface area (Å²) in [6.07, 6.45) is 2.90. The fourth-order valence-corrected chi connectivity index (χ4v) is 1.79. The Morgan fingerprint density at radius 2 is 2.28 bits per heavy atom. The lowest BCUT2D eigenvalue weighted by Gasteiger charge is -2.20. The predicted molar refractivity (Wildman–Crippen MR) is 64.2 cm³/mol. The third-order valence-electron chi connectivity index (χ3n) is 2.82. The number of aliphatic hydroxyl groups excluding tert-OH is 1. The molecule has 0 bridgehead atoms. The minimum absolute atomic E-state index is 0.0579. The van der Waals surface area contributed by atoms with E-state index >= 15 is 0 Å². The van der Waals surface area contributed by atoms with E-state index in [1.54, 1.807) is 11.8 Å². The number of aryl methyl sites for hydroxylation is 1. The first-order valence-electron chi connectivity index (χ1n) is 5.74. The number of amides is 1. The standard InChI is InChI=1S/C11H15N5O2/c1-3-15(4-5-17)10(18)9-6-12-11-13-7-14-16(11)8(9)2/h6-7,17H,3-5H2,1-2H3. The molecule has 2 aromatic heterocycles. The molecule has 0 aromatic carbocycles. The first-order valence-corrected chi connectivity index (χ1v) is 5.74. The van der Waals surface area contributed by atoms with Crippen LogP contribution in [0.3, 0.4) is 0 Å². The van der Waals surface area contributed by atoms with Crippen LogP contribution >= 0.6 is 0 Å². The van der Waals surface area contributed by atoms with Crippen molar-refractivity contribution in [2.24, 2.45) is 0 Å². The third kappa shape index (κ3) is 2.04. The highest BCUT2D eigenvalue weighted by molar-refractivity contribution is 5.95. The topological polar surface area (TPSA) is 83.6 Å². The van der Waals surface area contributed by atoms with Gasteiger partial charge in [0.1, 0.15) is 6.33 Å². The van der Waals surface area contributed by atoms with E-state index in [0.717, 1.165) is 0 Å². The number of fused-ring (bicyclic) bond motifs is 1. The molecule has 0 aliphatic rings. The zero-order chi connectivity index (χ0) is 13.1. The van der Waals surface area contributed by atoms with Crippen molar-refractivity contribution in [3.8, 4) is 0 Å². The number of hydrogen-bond donors (Lipinski definition) is 1. The summed E-state index contributed by atoms with van der Waals surface area (Å²) < 4.78 is 1.53. The Morgan fingerprint density at radius 3 is 2.94 bits per heavy atom. The summed E-state index contributed by atoms with van der Waals surface area (Å²) in [4.78, 5) is 21.9. The number of nitrogens with zero attached hydrogens (tertiary/aromatic N) is 5. The van der Waals surface area contributed by atoms with Crippen molar-refractivity contribution in [2.45, 2.75) is 13.8 Å². The average Bonchev–Trinajstić information content (AvgIpc) is 2.85. The molecule has 1 amide bonds. The Balaban J connectivity index is 2.40. The van der Waals surface area contributed by atoms with Crippen molar-refractivity contribution in [3.05, 3.63) is 23.8 Å². The second-order valence-corrected chi connectivity index (χ2v) is 3.84. The number of likely N-dealkylation sites (N-methyl/N-ethyl adjacent to an activating group) is 1. The van der Waals surface area contributed by atoms with Crippen LogP contribution in [0, 0.1) is 6.92 Å². The predicted octanol–water partition coefficient (Wildman–Crippen LogP) is -0.113. The molecule has 0 aliphatic heterocycles. The van der Waals surface area contributed by atoms with Gasteiger partial charge in [-0.3, -0.25) is 4.79 Å². The summed E-state index contributed by atoms with van der Waals surface area (Å²) in [5.74, 6) is 0.309. The van der Waals surface area contributed by atoms with Crippen LogP contribution in [0.5, 0.6) is 0 Å². The highest BCUT2D eigenvalue weighted by atomic mass is 16.3. The number of aliphatic hydroxyl groups is 1. The van der Waals surface area contributed by atoms with Crippen LogP contribution < -0.4 is 0 Å². The van der Waals surface area contributed by atoms with E-state index in [0.29, 0.717) is 30.1 Å². The lowest BCUT2D eigenvalue weighted by atomic mass is 10.2. The van der Waals surface area contributed by atoms with E-state index in [4.69, 9.17) is 5.11 Å². The molecule has 2 aromatic rings. The third-order valence-corrected chi connectivity index (χ3v) is 2.82. The molecule has 18 heavy (non-hydrogen) atoms. The normalized spacial score (nSPS) is 10.8. The van der Waals surface area contributed by atoms with Gasteiger partial charge in [0, 0.05) is 19.3 Å². The van der Waals surface area contributed by atoms with Gasteiger partial charge in [-0.1, -0.05) is 0 Å². The zero-order valence-electron chi connectivity index (χ0n) is 10.4. The van der Waals surface area contributed by atoms with E-state index in [2.05, 4.69) is 15.1 Å². The van der Waals surface area contributed by atoms with E-state index in [9.17, 15) is 4.79 Å². The van der Waals surface area contributed by atoms with Gasteiger partial charge in [0.25, 0.3) is 11.7 Å². The van der Waals surface area contributed by atoms with E-state index < -0.39 is 0 Å². The van der Waals surface area contributed by atoms with Gasteiger partial charge < -0.3 is 10.0 Å². The summed E-state index contributed by atoms with van der Waals surface area (Å²) in [7, 11) is 0. The highest BCUT2D eigenvalue weighted by Gasteiger charge is 2.18. The minimum atomic E-state index is -0.158. The maximum Gasteiger partial charge on any atom is 0.257 e. The molecule has 1 N–H and O–H groups in total. The summed E-state index contributed by atoms with van der Waals surface area (Å²) in [5, 5.41) is 12.9. The molecule has 0 aliphatic carbocycles. The Kier molecular flexibility index (Phi) is 3.52. The number of hydrogen-bond acceptors (Lipinski definition) is 5. The molecule has 0 unspecified atom stereocenters. The molecule has 2 rings (SSSR count). The minimum Gasteiger partial charge on any atom is -0.395 e. The SMILES string of the molecule is CCN(CCO)C(=O)c1cnc2ncnn2c1C. The number of aromatic nitrogens is 4. The molecule has 0 saturated carbocycles. The first-order chi connectivity index (χ1) is 8.69. The first kappa shape index (κ1) is 12.4. The van der Waals surface area contributed by atoms with Crippen LogP contribution in [0.15, 0.2) is 12.5 Å².